The minimum atomic E-state index is -0.300. The van der Waals surface area contributed by atoms with Gasteiger partial charge in [0.15, 0.2) is 0 Å². The molecule has 3 aromatic rings. The van der Waals surface area contributed by atoms with Crippen LogP contribution in [0.15, 0.2) is 53.5 Å². The van der Waals surface area contributed by atoms with E-state index in [0.717, 1.165) is 16.6 Å². The van der Waals surface area contributed by atoms with Crippen LogP contribution in [0.5, 0.6) is 0 Å². The van der Waals surface area contributed by atoms with Gasteiger partial charge in [-0.05, 0) is 50.6 Å². The van der Waals surface area contributed by atoms with Gasteiger partial charge < -0.3 is 4.90 Å². The van der Waals surface area contributed by atoms with E-state index in [1.807, 2.05) is 51.1 Å². The topological polar surface area (TPSA) is 55.2 Å². The summed E-state index contributed by atoms with van der Waals surface area (Å²) in [6.45, 7) is 6.69. The molecule has 0 saturated carbocycles. The zero-order chi connectivity index (χ0) is 18.0. The predicted molar refractivity (Wildman–Crippen MR) is 100 cm³/mol. The molecule has 0 atom stereocenters. The maximum atomic E-state index is 13.2. The van der Waals surface area contributed by atoms with E-state index < -0.39 is 0 Å². The number of nitrogens with zero attached hydrogens (tertiary/aromatic N) is 3. The second-order valence-corrected chi connectivity index (χ2v) is 5.86. The van der Waals surface area contributed by atoms with Crippen LogP contribution in [-0.2, 0) is 6.54 Å². The number of carbonyl (C=O) groups excluding carboxylic acids is 1. The number of benzene rings is 1. The van der Waals surface area contributed by atoms with Crippen molar-refractivity contribution >= 4 is 22.6 Å². The third kappa shape index (κ3) is 2.93. The molecule has 0 aliphatic rings. The van der Waals surface area contributed by atoms with E-state index in [1.165, 1.54) is 0 Å². The molecule has 0 saturated heterocycles. The Kier molecular flexibility index (Phi) is 4.65. The highest BCUT2D eigenvalue weighted by atomic mass is 16.2. The van der Waals surface area contributed by atoms with E-state index in [9.17, 15) is 9.59 Å². The summed E-state index contributed by atoms with van der Waals surface area (Å²) < 4.78 is 1.55. The fourth-order valence-electron chi connectivity index (χ4n) is 3.09. The van der Waals surface area contributed by atoms with Gasteiger partial charge in [-0.15, -0.1) is 0 Å². The SMILES string of the molecule is CCN(C(=O)c1cc2cccnc2n(CC)c1=O)c1ccccc1C. The number of amides is 1. The first kappa shape index (κ1) is 16.9. The van der Waals surface area contributed by atoms with Gasteiger partial charge in [-0.1, -0.05) is 18.2 Å². The number of hydrogen-bond donors (Lipinski definition) is 0. The number of carbonyl (C=O) groups is 1. The zero-order valence-electron chi connectivity index (χ0n) is 14.7. The molecule has 0 spiro atoms. The van der Waals surface area contributed by atoms with E-state index >= 15 is 0 Å². The number of anilines is 1. The number of pyridine rings is 2. The van der Waals surface area contributed by atoms with Gasteiger partial charge in [-0.2, -0.15) is 0 Å². The van der Waals surface area contributed by atoms with Crippen LogP contribution in [0.2, 0.25) is 0 Å². The van der Waals surface area contributed by atoms with Crippen LogP contribution >= 0.6 is 0 Å². The molecular formula is C20H21N3O2. The van der Waals surface area contributed by atoms with Crippen LogP contribution in [0, 0.1) is 6.92 Å². The number of hydrogen-bond acceptors (Lipinski definition) is 3. The van der Waals surface area contributed by atoms with Crippen molar-refractivity contribution in [1.82, 2.24) is 9.55 Å². The Morgan fingerprint density at radius 3 is 2.60 bits per heavy atom. The minimum absolute atomic E-state index is 0.174. The molecule has 128 valence electrons. The van der Waals surface area contributed by atoms with Crippen molar-refractivity contribution in [3.05, 3.63) is 70.1 Å². The van der Waals surface area contributed by atoms with Gasteiger partial charge in [0.2, 0.25) is 0 Å². The molecule has 0 fully saturated rings. The molecule has 5 heteroatoms. The first-order valence-corrected chi connectivity index (χ1v) is 8.44. The minimum Gasteiger partial charge on any atom is -0.308 e. The van der Waals surface area contributed by atoms with Crippen molar-refractivity contribution in [2.75, 3.05) is 11.4 Å². The summed E-state index contributed by atoms with van der Waals surface area (Å²) in [4.78, 5) is 32.0. The van der Waals surface area contributed by atoms with E-state index in [0.29, 0.717) is 18.7 Å². The van der Waals surface area contributed by atoms with E-state index in [-0.39, 0.29) is 17.0 Å². The molecule has 1 amide bonds. The first-order valence-electron chi connectivity index (χ1n) is 8.44. The molecular weight excluding hydrogens is 314 g/mol. The molecule has 0 N–H and O–H groups in total. The smallest absolute Gasteiger partial charge is 0.265 e. The summed E-state index contributed by atoms with van der Waals surface area (Å²) in [5.74, 6) is -0.283. The summed E-state index contributed by atoms with van der Waals surface area (Å²) in [5, 5.41) is 0.785. The summed E-state index contributed by atoms with van der Waals surface area (Å²) in [6, 6.07) is 13.0. The Labute approximate surface area is 146 Å². The predicted octanol–water partition coefficient (Wildman–Crippen LogP) is 3.39. The Morgan fingerprint density at radius 2 is 1.92 bits per heavy atom. The normalized spacial score (nSPS) is 10.8. The summed E-state index contributed by atoms with van der Waals surface area (Å²) in [5.41, 5.74) is 2.29. The number of rotatable bonds is 4. The van der Waals surface area contributed by atoms with Crippen molar-refractivity contribution in [2.45, 2.75) is 27.3 Å². The highest BCUT2D eigenvalue weighted by Crippen LogP contribution is 2.21. The number of aryl methyl sites for hydroxylation is 2. The lowest BCUT2D eigenvalue weighted by molar-refractivity contribution is 0.0986. The average Bonchev–Trinajstić information content (AvgIpc) is 2.63. The van der Waals surface area contributed by atoms with E-state index in [4.69, 9.17) is 0 Å². The van der Waals surface area contributed by atoms with Crippen molar-refractivity contribution in [1.29, 1.82) is 0 Å². The van der Waals surface area contributed by atoms with Gasteiger partial charge in [0.1, 0.15) is 11.2 Å². The van der Waals surface area contributed by atoms with Gasteiger partial charge in [0.05, 0.1) is 0 Å². The molecule has 0 radical (unpaired) electrons. The van der Waals surface area contributed by atoms with Crippen molar-refractivity contribution < 1.29 is 4.79 Å². The van der Waals surface area contributed by atoms with Crippen LogP contribution < -0.4 is 10.5 Å². The zero-order valence-corrected chi connectivity index (χ0v) is 14.7. The third-order valence-electron chi connectivity index (χ3n) is 4.36. The Bertz CT molecular complexity index is 992. The molecule has 2 aromatic heterocycles. The monoisotopic (exact) mass is 335 g/mol. The molecule has 0 aliphatic heterocycles. The Hall–Kier alpha value is -2.95. The molecule has 5 nitrogen and oxygen atoms in total. The second-order valence-electron chi connectivity index (χ2n) is 5.86. The summed E-state index contributed by atoms with van der Waals surface area (Å²) in [7, 11) is 0. The molecule has 25 heavy (non-hydrogen) atoms. The molecule has 0 aliphatic carbocycles. The number of para-hydroxylation sites is 1. The van der Waals surface area contributed by atoms with Crippen LogP contribution in [0.3, 0.4) is 0 Å². The lowest BCUT2D eigenvalue weighted by Gasteiger charge is -2.23. The number of aromatic nitrogens is 2. The van der Waals surface area contributed by atoms with Gasteiger partial charge in [-0.3, -0.25) is 14.2 Å². The fraction of sp³-hybridized carbons (Fsp3) is 0.250. The van der Waals surface area contributed by atoms with Crippen LogP contribution in [0.4, 0.5) is 5.69 Å². The fourth-order valence-corrected chi connectivity index (χ4v) is 3.09. The van der Waals surface area contributed by atoms with Gasteiger partial charge >= 0.3 is 0 Å². The molecule has 0 bridgehead atoms. The van der Waals surface area contributed by atoms with Gasteiger partial charge in [-0.25, -0.2) is 4.98 Å². The van der Waals surface area contributed by atoms with Crippen molar-refractivity contribution in [2.24, 2.45) is 0 Å². The van der Waals surface area contributed by atoms with Crippen molar-refractivity contribution in [3.8, 4) is 0 Å². The standard InChI is InChI=1S/C20H21N3O2/c1-4-22(17-11-7-6-9-14(17)3)19(24)16-13-15-10-8-12-21-18(15)23(5-2)20(16)25/h6-13H,4-5H2,1-3H3. The Balaban J connectivity index is 2.18. The molecule has 0 unspecified atom stereocenters. The molecule has 3 rings (SSSR count). The second kappa shape index (κ2) is 6.89. The molecule has 1 aromatic carbocycles. The highest BCUT2D eigenvalue weighted by molar-refractivity contribution is 6.07. The van der Waals surface area contributed by atoms with E-state index in [1.54, 1.807) is 27.8 Å². The quantitative estimate of drug-likeness (QED) is 0.734. The van der Waals surface area contributed by atoms with Gasteiger partial charge in [0, 0.05) is 30.4 Å². The number of fused-ring (bicyclic) bond motifs is 1. The van der Waals surface area contributed by atoms with Crippen LogP contribution in [-0.4, -0.2) is 22.0 Å². The first-order chi connectivity index (χ1) is 12.1. The molecule has 2 heterocycles. The lowest BCUT2D eigenvalue weighted by atomic mass is 10.1. The summed E-state index contributed by atoms with van der Waals surface area (Å²) >= 11 is 0. The maximum Gasteiger partial charge on any atom is 0.265 e. The highest BCUT2D eigenvalue weighted by Gasteiger charge is 2.22. The van der Waals surface area contributed by atoms with Crippen molar-refractivity contribution in [3.63, 3.8) is 0 Å². The van der Waals surface area contributed by atoms with Crippen LogP contribution in [0.25, 0.3) is 11.0 Å². The summed E-state index contributed by atoms with van der Waals surface area (Å²) in [6.07, 6.45) is 1.65. The maximum absolute atomic E-state index is 13.2. The largest absolute Gasteiger partial charge is 0.308 e. The third-order valence-corrected chi connectivity index (χ3v) is 4.36. The average molecular weight is 335 g/mol. The lowest BCUT2D eigenvalue weighted by Crippen LogP contribution is -2.37. The van der Waals surface area contributed by atoms with Crippen LogP contribution in [0.1, 0.15) is 29.8 Å². The Morgan fingerprint density at radius 1 is 1.16 bits per heavy atom. The van der Waals surface area contributed by atoms with E-state index in [2.05, 4.69) is 4.98 Å². The van der Waals surface area contributed by atoms with Gasteiger partial charge in [0.25, 0.3) is 11.5 Å².